The van der Waals surface area contributed by atoms with Gasteiger partial charge in [0.15, 0.2) is 5.75 Å². The Labute approximate surface area is 123 Å². The van der Waals surface area contributed by atoms with Gasteiger partial charge in [0.2, 0.25) is 10.0 Å². The number of benzene rings is 1. The molecule has 0 radical (unpaired) electrons. The van der Waals surface area contributed by atoms with Crippen LogP contribution in [-0.2, 0) is 14.8 Å². The monoisotopic (exact) mass is 314 g/mol. The van der Waals surface area contributed by atoms with Crippen molar-refractivity contribution in [3.63, 3.8) is 0 Å². The normalized spacial score (nSPS) is 11.2. The Morgan fingerprint density at radius 2 is 1.86 bits per heavy atom. The van der Waals surface area contributed by atoms with Gasteiger partial charge >= 0.3 is 5.97 Å². The fourth-order valence-electron chi connectivity index (χ4n) is 1.53. The lowest BCUT2D eigenvalue weighted by Gasteiger charge is -2.12. The van der Waals surface area contributed by atoms with Gasteiger partial charge in [-0.25, -0.2) is 8.42 Å². The van der Waals surface area contributed by atoms with E-state index in [9.17, 15) is 18.0 Å². The smallest absolute Gasteiger partial charge is 0.320 e. The zero-order valence-corrected chi connectivity index (χ0v) is 12.6. The first-order valence-corrected chi connectivity index (χ1v) is 7.96. The molecule has 0 aliphatic carbocycles. The molecular formula is C13H18N2O5S. The lowest BCUT2D eigenvalue weighted by molar-refractivity contribution is -0.134. The van der Waals surface area contributed by atoms with Crippen LogP contribution >= 0.6 is 0 Å². The van der Waals surface area contributed by atoms with Crippen molar-refractivity contribution in [3.8, 4) is 0 Å². The standard InChI is InChI=1S/C13H18N2O5S/c1-9(2)7-14-13(18)10-5-3-4-6-11(10)15-21(19,20)8-12(16)17/h3-6,9,15H,7-8H2,1-2H3,(H,14,18)(H,16,17). The second-order valence-electron chi connectivity index (χ2n) is 4.90. The Bertz CT molecular complexity index is 625. The first kappa shape index (κ1) is 17.0. The number of carboxylic acids is 1. The zero-order valence-electron chi connectivity index (χ0n) is 11.8. The Morgan fingerprint density at radius 3 is 2.43 bits per heavy atom. The first-order chi connectivity index (χ1) is 9.71. The molecule has 8 heteroatoms. The maximum atomic E-state index is 12.0. The molecule has 1 aromatic carbocycles. The fourth-order valence-corrected chi connectivity index (χ4v) is 2.44. The lowest BCUT2D eigenvalue weighted by atomic mass is 10.1. The molecule has 0 atom stereocenters. The molecule has 0 aromatic heterocycles. The summed E-state index contributed by atoms with van der Waals surface area (Å²) >= 11 is 0. The van der Waals surface area contributed by atoms with Crippen LogP contribution in [0.25, 0.3) is 0 Å². The van der Waals surface area contributed by atoms with Crippen molar-refractivity contribution < 1.29 is 23.1 Å². The van der Waals surface area contributed by atoms with E-state index in [0.29, 0.717) is 6.54 Å². The van der Waals surface area contributed by atoms with Crippen LogP contribution in [0.5, 0.6) is 0 Å². The number of rotatable bonds is 7. The largest absolute Gasteiger partial charge is 0.480 e. The molecule has 3 N–H and O–H groups in total. The molecule has 0 aliphatic rings. The maximum Gasteiger partial charge on any atom is 0.320 e. The van der Waals surface area contributed by atoms with Gasteiger partial charge in [0.1, 0.15) is 0 Å². The third-order valence-electron chi connectivity index (χ3n) is 2.42. The van der Waals surface area contributed by atoms with E-state index in [1.807, 2.05) is 13.8 Å². The number of aliphatic carboxylic acids is 1. The van der Waals surface area contributed by atoms with E-state index < -0.39 is 27.7 Å². The third-order valence-corrected chi connectivity index (χ3v) is 3.58. The van der Waals surface area contributed by atoms with Crippen molar-refractivity contribution >= 4 is 27.6 Å². The maximum absolute atomic E-state index is 12.0. The highest BCUT2D eigenvalue weighted by atomic mass is 32.2. The minimum atomic E-state index is -4.05. The van der Waals surface area contributed by atoms with E-state index >= 15 is 0 Å². The molecule has 0 fully saturated rings. The summed E-state index contributed by atoms with van der Waals surface area (Å²) in [6.45, 7) is 4.32. The van der Waals surface area contributed by atoms with E-state index in [1.165, 1.54) is 12.1 Å². The summed E-state index contributed by atoms with van der Waals surface area (Å²) in [4.78, 5) is 22.5. The molecule has 0 unspecified atom stereocenters. The summed E-state index contributed by atoms with van der Waals surface area (Å²) < 4.78 is 25.4. The van der Waals surface area contributed by atoms with E-state index in [4.69, 9.17) is 5.11 Å². The Morgan fingerprint density at radius 1 is 1.24 bits per heavy atom. The van der Waals surface area contributed by atoms with E-state index in [1.54, 1.807) is 12.1 Å². The summed E-state index contributed by atoms with van der Waals surface area (Å²) in [5.41, 5.74) is 0.201. The number of carbonyl (C=O) groups is 2. The van der Waals surface area contributed by atoms with Gasteiger partial charge in [-0.1, -0.05) is 26.0 Å². The molecule has 116 valence electrons. The number of carboxylic acid groups (broad SMARTS) is 1. The summed E-state index contributed by atoms with van der Waals surface area (Å²) in [5.74, 6) is -2.69. The summed E-state index contributed by atoms with van der Waals surface area (Å²) in [6, 6.07) is 6.02. The van der Waals surface area contributed by atoms with E-state index in [0.717, 1.165) is 0 Å². The summed E-state index contributed by atoms with van der Waals surface area (Å²) in [6.07, 6.45) is 0. The van der Waals surface area contributed by atoms with Crippen LogP contribution in [0.2, 0.25) is 0 Å². The zero-order chi connectivity index (χ0) is 16.0. The van der Waals surface area contributed by atoms with Crippen LogP contribution in [0.15, 0.2) is 24.3 Å². The van der Waals surface area contributed by atoms with Crippen molar-refractivity contribution in [1.82, 2.24) is 5.32 Å². The molecule has 1 rings (SSSR count). The second kappa shape index (κ2) is 7.07. The molecule has 0 heterocycles. The number of hydrogen-bond acceptors (Lipinski definition) is 4. The molecule has 0 aliphatic heterocycles. The Kier molecular flexibility index (Phi) is 5.71. The predicted molar refractivity (Wildman–Crippen MR) is 78.7 cm³/mol. The third kappa shape index (κ3) is 5.82. The Hall–Kier alpha value is -2.09. The molecule has 7 nitrogen and oxygen atoms in total. The number of amides is 1. The average molecular weight is 314 g/mol. The van der Waals surface area contributed by atoms with Crippen molar-refractivity contribution in [1.29, 1.82) is 0 Å². The molecular weight excluding hydrogens is 296 g/mol. The van der Waals surface area contributed by atoms with Crippen molar-refractivity contribution in [3.05, 3.63) is 29.8 Å². The average Bonchev–Trinajstić information content (AvgIpc) is 2.34. The molecule has 1 amide bonds. The first-order valence-electron chi connectivity index (χ1n) is 6.31. The van der Waals surface area contributed by atoms with Crippen molar-refractivity contribution in [2.45, 2.75) is 13.8 Å². The van der Waals surface area contributed by atoms with Gasteiger partial charge in [-0.15, -0.1) is 0 Å². The highest BCUT2D eigenvalue weighted by Gasteiger charge is 2.19. The van der Waals surface area contributed by atoms with Gasteiger partial charge in [0.05, 0.1) is 11.3 Å². The van der Waals surface area contributed by atoms with Gasteiger partial charge < -0.3 is 10.4 Å². The van der Waals surface area contributed by atoms with Crippen LogP contribution in [-0.4, -0.2) is 37.7 Å². The molecule has 21 heavy (non-hydrogen) atoms. The molecule has 0 saturated heterocycles. The fraction of sp³-hybridized carbons (Fsp3) is 0.385. The molecule has 0 bridgehead atoms. The van der Waals surface area contributed by atoms with E-state index in [-0.39, 0.29) is 17.2 Å². The van der Waals surface area contributed by atoms with Crippen molar-refractivity contribution in [2.24, 2.45) is 5.92 Å². The quantitative estimate of drug-likeness (QED) is 0.692. The number of hydrogen-bond donors (Lipinski definition) is 3. The second-order valence-corrected chi connectivity index (χ2v) is 6.63. The van der Waals surface area contributed by atoms with Gasteiger partial charge in [0.25, 0.3) is 5.91 Å². The number of para-hydroxylation sites is 1. The Balaban J connectivity index is 2.94. The molecule has 0 spiro atoms. The topological polar surface area (TPSA) is 113 Å². The summed E-state index contributed by atoms with van der Waals surface area (Å²) in [5, 5.41) is 11.2. The van der Waals surface area contributed by atoms with Gasteiger partial charge in [-0.05, 0) is 18.1 Å². The van der Waals surface area contributed by atoms with Crippen LogP contribution < -0.4 is 10.0 Å². The van der Waals surface area contributed by atoms with Crippen LogP contribution in [0, 0.1) is 5.92 Å². The van der Waals surface area contributed by atoms with Gasteiger partial charge in [0, 0.05) is 6.54 Å². The number of sulfonamides is 1. The SMILES string of the molecule is CC(C)CNC(=O)c1ccccc1NS(=O)(=O)CC(=O)O. The predicted octanol–water partition coefficient (Wildman–Crippen LogP) is 0.899. The minimum Gasteiger partial charge on any atom is -0.480 e. The van der Waals surface area contributed by atoms with Crippen molar-refractivity contribution in [2.75, 3.05) is 17.0 Å². The molecule has 1 aromatic rings. The summed E-state index contributed by atoms with van der Waals surface area (Å²) in [7, 11) is -4.05. The van der Waals surface area contributed by atoms with Gasteiger partial charge in [-0.2, -0.15) is 0 Å². The van der Waals surface area contributed by atoms with E-state index in [2.05, 4.69) is 10.0 Å². The van der Waals surface area contributed by atoms with Crippen LogP contribution in [0.1, 0.15) is 24.2 Å². The lowest BCUT2D eigenvalue weighted by Crippen LogP contribution is -2.29. The number of nitrogens with one attached hydrogen (secondary N) is 2. The van der Waals surface area contributed by atoms with Crippen LogP contribution in [0.3, 0.4) is 0 Å². The highest BCUT2D eigenvalue weighted by Crippen LogP contribution is 2.16. The minimum absolute atomic E-state index is 0.0556. The highest BCUT2D eigenvalue weighted by molar-refractivity contribution is 7.93. The van der Waals surface area contributed by atoms with Gasteiger partial charge in [-0.3, -0.25) is 14.3 Å². The molecule has 0 saturated carbocycles. The number of anilines is 1. The number of carbonyl (C=O) groups excluding carboxylic acids is 1. The van der Waals surface area contributed by atoms with Crippen LogP contribution in [0.4, 0.5) is 5.69 Å².